The largest absolute Gasteiger partial charge is 0.362 e. The third kappa shape index (κ3) is 4.71. The number of hydrogen-bond acceptors (Lipinski definition) is 5. The number of nitrogens with zero attached hydrogens (tertiary/aromatic N) is 2. The van der Waals surface area contributed by atoms with Crippen molar-refractivity contribution in [2.75, 3.05) is 28.7 Å². The van der Waals surface area contributed by atoms with Crippen molar-refractivity contribution in [1.82, 2.24) is 4.98 Å². The Balaban J connectivity index is 1.53. The first kappa shape index (κ1) is 21.3. The van der Waals surface area contributed by atoms with Crippen LogP contribution in [-0.4, -0.2) is 38.4 Å². The first-order valence-electron chi connectivity index (χ1n) is 9.56. The van der Waals surface area contributed by atoms with Crippen LogP contribution >= 0.6 is 11.6 Å². The van der Waals surface area contributed by atoms with Crippen LogP contribution in [0.2, 0.25) is 5.02 Å². The molecule has 0 unspecified atom stereocenters. The van der Waals surface area contributed by atoms with Crippen molar-refractivity contribution in [3.63, 3.8) is 0 Å². The number of anilines is 2. The highest BCUT2D eigenvalue weighted by Gasteiger charge is 2.26. The Hall–Kier alpha value is -2.94. The lowest BCUT2D eigenvalue weighted by atomic mass is 10.1. The molecule has 2 aromatic carbocycles. The van der Waals surface area contributed by atoms with E-state index in [0.29, 0.717) is 28.6 Å². The van der Waals surface area contributed by atoms with Crippen molar-refractivity contribution >= 4 is 38.9 Å². The van der Waals surface area contributed by atoms with Gasteiger partial charge in [0.25, 0.3) is 15.9 Å². The van der Waals surface area contributed by atoms with Gasteiger partial charge in [0, 0.05) is 23.0 Å². The zero-order valence-corrected chi connectivity index (χ0v) is 18.3. The number of halogens is 1. The van der Waals surface area contributed by atoms with Crippen LogP contribution in [0.4, 0.5) is 11.4 Å². The van der Waals surface area contributed by atoms with E-state index in [1.807, 2.05) is 19.1 Å². The van der Waals surface area contributed by atoms with Gasteiger partial charge in [-0.1, -0.05) is 11.6 Å². The Bertz CT molecular complexity index is 1230. The summed E-state index contributed by atoms with van der Waals surface area (Å²) >= 11 is 6.34. The molecule has 31 heavy (non-hydrogen) atoms. The smallest absolute Gasteiger partial charge is 0.259 e. The summed E-state index contributed by atoms with van der Waals surface area (Å²) in [6, 6.07) is 15.4. The fourth-order valence-electron chi connectivity index (χ4n) is 3.27. The summed E-state index contributed by atoms with van der Waals surface area (Å²) in [6.07, 6.45) is 1.71. The Kier molecular flexibility index (Phi) is 5.95. The number of aryl methyl sites for hydroxylation is 1. The van der Waals surface area contributed by atoms with Crippen LogP contribution in [0.15, 0.2) is 60.8 Å². The minimum Gasteiger partial charge on any atom is -0.362 e. The molecule has 1 aliphatic rings. The van der Waals surface area contributed by atoms with E-state index in [9.17, 15) is 13.2 Å². The molecule has 1 N–H and O–H groups in total. The van der Waals surface area contributed by atoms with Gasteiger partial charge < -0.3 is 10.1 Å². The number of aromatic nitrogens is 1. The summed E-state index contributed by atoms with van der Waals surface area (Å²) in [4.78, 5) is 17.1. The topological polar surface area (TPSA) is 88.6 Å². The zero-order valence-electron chi connectivity index (χ0n) is 16.7. The SMILES string of the molecule is Cc1ccnc(-c2cc(NC(=O)c3ccc(N4CCOCS4(=O)=O)cc3)ccc2Cl)c1. The second-order valence-electron chi connectivity index (χ2n) is 7.12. The van der Waals surface area contributed by atoms with Gasteiger partial charge in [-0.25, -0.2) is 8.42 Å². The molecule has 160 valence electrons. The quantitative estimate of drug-likeness (QED) is 0.637. The highest BCUT2D eigenvalue weighted by atomic mass is 35.5. The number of carbonyl (C=O) groups is 1. The van der Waals surface area contributed by atoms with Gasteiger partial charge in [0.1, 0.15) is 0 Å². The molecule has 1 saturated heterocycles. The van der Waals surface area contributed by atoms with E-state index in [0.717, 1.165) is 16.8 Å². The average molecular weight is 458 g/mol. The van der Waals surface area contributed by atoms with Gasteiger partial charge in [-0.2, -0.15) is 0 Å². The maximum atomic E-state index is 12.7. The molecule has 0 saturated carbocycles. The Morgan fingerprint density at radius 1 is 1.13 bits per heavy atom. The van der Waals surface area contributed by atoms with Gasteiger partial charge in [-0.3, -0.25) is 14.1 Å². The summed E-state index contributed by atoms with van der Waals surface area (Å²) in [5, 5.41) is 3.38. The highest BCUT2D eigenvalue weighted by Crippen LogP contribution is 2.30. The van der Waals surface area contributed by atoms with Crippen molar-refractivity contribution in [2.24, 2.45) is 0 Å². The van der Waals surface area contributed by atoms with Crippen molar-refractivity contribution in [3.05, 3.63) is 76.9 Å². The Morgan fingerprint density at radius 2 is 1.90 bits per heavy atom. The first-order chi connectivity index (χ1) is 14.8. The molecule has 3 aromatic rings. The van der Waals surface area contributed by atoms with Crippen molar-refractivity contribution in [2.45, 2.75) is 6.92 Å². The van der Waals surface area contributed by atoms with E-state index >= 15 is 0 Å². The van der Waals surface area contributed by atoms with E-state index in [4.69, 9.17) is 16.3 Å². The van der Waals surface area contributed by atoms with Crippen LogP contribution in [0.25, 0.3) is 11.3 Å². The van der Waals surface area contributed by atoms with Gasteiger partial charge in [0.15, 0.2) is 5.94 Å². The van der Waals surface area contributed by atoms with E-state index in [-0.39, 0.29) is 18.4 Å². The van der Waals surface area contributed by atoms with Gasteiger partial charge in [0.2, 0.25) is 0 Å². The lowest BCUT2D eigenvalue weighted by Gasteiger charge is -2.28. The molecule has 0 radical (unpaired) electrons. The number of sulfonamides is 1. The van der Waals surface area contributed by atoms with Gasteiger partial charge in [-0.15, -0.1) is 0 Å². The third-order valence-corrected chi connectivity index (χ3v) is 6.70. The average Bonchev–Trinajstić information content (AvgIpc) is 2.75. The standard InChI is InChI=1S/C22H20ClN3O4S/c1-15-8-9-24-21(12-15)19-13-17(4-7-20(19)23)25-22(27)16-2-5-18(6-3-16)26-10-11-30-14-31(26,28)29/h2-9,12-13H,10-11,14H2,1H3,(H,25,27). The minimum atomic E-state index is -3.50. The van der Waals surface area contributed by atoms with Gasteiger partial charge in [0.05, 0.1) is 29.6 Å². The van der Waals surface area contributed by atoms with Crippen LogP contribution < -0.4 is 9.62 Å². The third-order valence-electron chi connectivity index (χ3n) is 4.84. The lowest BCUT2D eigenvalue weighted by molar-refractivity contribution is 0.102. The fourth-order valence-corrected chi connectivity index (χ4v) is 4.73. The van der Waals surface area contributed by atoms with E-state index < -0.39 is 10.0 Å². The number of carbonyl (C=O) groups excluding carboxylic acids is 1. The molecule has 9 heteroatoms. The van der Waals surface area contributed by atoms with Gasteiger partial charge in [-0.05, 0) is 67.1 Å². The monoisotopic (exact) mass is 457 g/mol. The summed E-state index contributed by atoms with van der Waals surface area (Å²) in [5.74, 6) is -0.661. The molecule has 0 aliphatic carbocycles. The number of benzene rings is 2. The number of pyridine rings is 1. The molecule has 1 aromatic heterocycles. The molecule has 0 bridgehead atoms. The molecule has 1 fully saturated rings. The van der Waals surface area contributed by atoms with Crippen molar-refractivity contribution in [3.8, 4) is 11.3 Å². The Morgan fingerprint density at radius 3 is 2.61 bits per heavy atom. The molecule has 4 rings (SSSR count). The highest BCUT2D eigenvalue weighted by molar-refractivity contribution is 7.92. The molecule has 1 amide bonds. The predicted molar refractivity (Wildman–Crippen MR) is 121 cm³/mol. The van der Waals surface area contributed by atoms with Crippen LogP contribution in [-0.2, 0) is 14.8 Å². The van der Waals surface area contributed by atoms with Crippen molar-refractivity contribution < 1.29 is 17.9 Å². The van der Waals surface area contributed by atoms with Crippen LogP contribution in [0.1, 0.15) is 15.9 Å². The maximum Gasteiger partial charge on any atom is 0.259 e. The predicted octanol–water partition coefficient (Wildman–Crippen LogP) is 4.09. The summed E-state index contributed by atoms with van der Waals surface area (Å²) < 4.78 is 30.6. The molecule has 2 heterocycles. The normalized spacial score (nSPS) is 15.5. The Labute approximate surface area is 185 Å². The maximum absolute atomic E-state index is 12.7. The molecule has 1 aliphatic heterocycles. The summed E-state index contributed by atoms with van der Waals surface area (Å²) in [5.41, 5.74) is 3.97. The van der Waals surface area contributed by atoms with Crippen molar-refractivity contribution in [1.29, 1.82) is 0 Å². The number of ether oxygens (including phenoxy) is 1. The molecule has 0 spiro atoms. The van der Waals surface area contributed by atoms with Crippen LogP contribution in [0, 0.1) is 6.92 Å². The van der Waals surface area contributed by atoms with E-state index in [2.05, 4.69) is 10.3 Å². The minimum absolute atomic E-state index is 0.244. The van der Waals surface area contributed by atoms with Crippen LogP contribution in [0.5, 0.6) is 0 Å². The fraction of sp³-hybridized carbons (Fsp3) is 0.182. The number of amides is 1. The first-order valence-corrected chi connectivity index (χ1v) is 11.5. The summed E-state index contributed by atoms with van der Waals surface area (Å²) in [7, 11) is -3.50. The van der Waals surface area contributed by atoms with E-state index in [1.165, 1.54) is 4.31 Å². The second-order valence-corrected chi connectivity index (χ2v) is 9.37. The van der Waals surface area contributed by atoms with Gasteiger partial charge >= 0.3 is 0 Å². The van der Waals surface area contributed by atoms with E-state index in [1.54, 1.807) is 48.7 Å². The number of rotatable bonds is 4. The molecule has 7 nitrogen and oxygen atoms in total. The number of hydrogen-bond donors (Lipinski definition) is 1. The summed E-state index contributed by atoms with van der Waals surface area (Å²) in [6.45, 7) is 2.54. The second kappa shape index (κ2) is 8.66. The zero-order chi connectivity index (χ0) is 22.0. The van der Waals surface area contributed by atoms with Crippen LogP contribution in [0.3, 0.4) is 0 Å². The molecule has 0 atom stereocenters. The molecular weight excluding hydrogens is 438 g/mol. The number of nitrogens with one attached hydrogen (secondary N) is 1. The lowest BCUT2D eigenvalue weighted by Crippen LogP contribution is -2.41. The molecular formula is C22H20ClN3O4S.